The SMILES string of the molecule is Nc1cc(OCC(O)CO)ccn1. The minimum atomic E-state index is -0.866. The van der Waals surface area contributed by atoms with Crippen LogP contribution >= 0.6 is 0 Å². The number of aliphatic hydroxyl groups excluding tert-OH is 2. The Kier molecular flexibility index (Phi) is 3.48. The maximum atomic E-state index is 8.97. The molecular formula is C8H12N2O3. The van der Waals surface area contributed by atoms with Crippen molar-refractivity contribution in [2.45, 2.75) is 6.10 Å². The molecule has 0 aliphatic rings. The van der Waals surface area contributed by atoms with Crippen LogP contribution in [0, 0.1) is 0 Å². The molecule has 0 radical (unpaired) electrons. The fraction of sp³-hybridized carbons (Fsp3) is 0.375. The van der Waals surface area contributed by atoms with Gasteiger partial charge in [0.25, 0.3) is 0 Å². The molecule has 1 rings (SSSR count). The van der Waals surface area contributed by atoms with Crippen LogP contribution in [-0.2, 0) is 0 Å². The van der Waals surface area contributed by atoms with Crippen LogP contribution in [0.25, 0.3) is 0 Å². The molecule has 5 heteroatoms. The average molecular weight is 184 g/mol. The van der Waals surface area contributed by atoms with Crippen LogP contribution in [-0.4, -0.2) is 34.5 Å². The molecule has 0 aliphatic carbocycles. The number of ether oxygens (including phenoxy) is 1. The number of rotatable bonds is 4. The summed E-state index contributed by atoms with van der Waals surface area (Å²) in [5.74, 6) is 0.885. The van der Waals surface area contributed by atoms with E-state index in [1.54, 1.807) is 12.1 Å². The Hall–Kier alpha value is -1.33. The molecule has 0 aromatic carbocycles. The van der Waals surface area contributed by atoms with Gasteiger partial charge in [-0.2, -0.15) is 0 Å². The maximum absolute atomic E-state index is 8.97. The normalized spacial score (nSPS) is 12.5. The number of nitrogens with two attached hydrogens (primary N) is 1. The van der Waals surface area contributed by atoms with Gasteiger partial charge < -0.3 is 20.7 Å². The van der Waals surface area contributed by atoms with Gasteiger partial charge in [0.1, 0.15) is 24.3 Å². The first-order valence-electron chi connectivity index (χ1n) is 3.85. The number of anilines is 1. The molecule has 0 saturated carbocycles. The minimum absolute atomic E-state index is 0.0416. The zero-order valence-corrected chi connectivity index (χ0v) is 7.05. The van der Waals surface area contributed by atoms with E-state index >= 15 is 0 Å². The number of nitrogen functional groups attached to an aromatic ring is 1. The zero-order chi connectivity index (χ0) is 9.68. The van der Waals surface area contributed by atoms with Gasteiger partial charge >= 0.3 is 0 Å². The van der Waals surface area contributed by atoms with E-state index in [0.29, 0.717) is 11.6 Å². The summed E-state index contributed by atoms with van der Waals surface area (Å²) in [4.78, 5) is 3.77. The Bertz CT molecular complexity index is 267. The number of hydrogen-bond donors (Lipinski definition) is 3. The molecule has 0 spiro atoms. The molecule has 0 amide bonds. The van der Waals surface area contributed by atoms with E-state index < -0.39 is 6.10 Å². The number of aliphatic hydroxyl groups is 2. The van der Waals surface area contributed by atoms with Crippen LogP contribution in [0.1, 0.15) is 0 Å². The Balaban J connectivity index is 2.45. The Labute approximate surface area is 75.8 Å². The third-order valence-corrected chi connectivity index (χ3v) is 1.41. The van der Waals surface area contributed by atoms with Gasteiger partial charge in [0, 0.05) is 12.3 Å². The van der Waals surface area contributed by atoms with E-state index in [1.165, 1.54) is 6.20 Å². The fourth-order valence-electron chi connectivity index (χ4n) is 0.763. The Morgan fingerprint density at radius 1 is 1.62 bits per heavy atom. The van der Waals surface area contributed by atoms with Crippen LogP contribution in [0.2, 0.25) is 0 Å². The van der Waals surface area contributed by atoms with Gasteiger partial charge in [-0.25, -0.2) is 4.98 Å². The summed E-state index contributed by atoms with van der Waals surface area (Å²) in [5.41, 5.74) is 5.39. The van der Waals surface area contributed by atoms with Crippen LogP contribution < -0.4 is 10.5 Å². The topological polar surface area (TPSA) is 88.6 Å². The highest BCUT2D eigenvalue weighted by Gasteiger charge is 2.02. The third-order valence-electron chi connectivity index (χ3n) is 1.41. The first kappa shape index (κ1) is 9.76. The number of pyridine rings is 1. The molecule has 1 heterocycles. The predicted octanol–water partition coefficient (Wildman–Crippen LogP) is -0.604. The van der Waals surface area contributed by atoms with Crippen LogP contribution in [0.5, 0.6) is 5.75 Å². The van der Waals surface area contributed by atoms with Crippen molar-refractivity contribution in [1.29, 1.82) is 0 Å². The Morgan fingerprint density at radius 2 is 2.38 bits per heavy atom. The van der Waals surface area contributed by atoms with Crippen LogP contribution in [0.4, 0.5) is 5.82 Å². The second kappa shape index (κ2) is 4.64. The molecule has 1 atom stereocenters. The molecule has 0 fully saturated rings. The molecule has 1 aromatic rings. The van der Waals surface area contributed by atoms with E-state index in [2.05, 4.69) is 4.98 Å². The van der Waals surface area contributed by atoms with Crippen molar-refractivity contribution < 1.29 is 14.9 Å². The zero-order valence-electron chi connectivity index (χ0n) is 7.05. The van der Waals surface area contributed by atoms with Crippen molar-refractivity contribution in [3.8, 4) is 5.75 Å². The maximum Gasteiger partial charge on any atom is 0.126 e. The molecule has 0 saturated heterocycles. The lowest BCUT2D eigenvalue weighted by molar-refractivity contribution is 0.0536. The van der Waals surface area contributed by atoms with Gasteiger partial charge in [0.15, 0.2) is 0 Å². The average Bonchev–Trinajstić information content (AvgIpc) is 2.14. The van der Waals surface area contributed by atoms with Gasteiger partial charge in [-0.1, -0.05) is 0 Å². The monoisotopic (exact) mass is 184 g/mol. The highest BCUT2D eigenvalue weighted by atomic mass is 16.5. The first-order valence-corrected chi connectivity index (χ1v) is 3.85. The standard InChI is InChI=1S/C8H12N2O3/c9-8-3-7(1-2-10-8)13-5-6(12)4-11/h1-3,6,11-12H,4-5H2,(H2,9,10). The van der Waals surface area contributed by atoms with Gasteiger partial charge in [-0.15, -0.1) is 0 Å². The second-order valence-corrected chi connectivity index (χ2v) is 2.56. The summed E-state index contributed by atoms with van der Waals surface area (Å²) in [6, 6.07) is 3.17. The molecule has 1 aromatic heterocycles. The minimum Gasteiger partial charge on any atom is -0.491 e. The molecule has 0 bridgehead atoms. The summed E-state index contributed by atoms with van der Waals surface area (Å²) in [7, 11) is 0. The van der Waals surface area contributed by atoms with E-state index in [9.17, 15) is 0 Å². The quantitative estimate of drug-likeness (QED) is 0.581. The van der Waals surface area contributed by atoms with Crippen molar-refractivity contribution >= 4 is 5.82 Å². The lowest BCUT2D eigenvalue weighted by Gasteiger charge is -2.09. The smallest absolute Gasteiger partial charge is 0.126 e. The van der Waals surface area contributed by atoms with Crippen molar-refractivity contribution in [2.75, 3.05) is 18.9 Å². The molecule has 5 nitrogen and oxygen atoms in total. The van der Waals surface area contributed by atoms with E-state index in [-0.39, 0.29) is 13.2 Å². The lowest BCUT2D eigenvalue weighted by Crippen LogP contribution is -2.21. The van der Waals surface area contributed by atoms with E-state index in [0.717, 1.165) is 0 Å². The largest absolute Gasteiger partial charge is 0.491 e. The molecule has 1 unspecified atom stereocenters. The van der Waals surface area contributed by atoms with Crippen LogP contribution in [0.15, 0.2) is 18.3 Å². The predicted molar refractivity (Wildman–Crippen MR) is 47.2 cm³/mol. The molecule has 0 aliphatic heterocycles. The molecule has 13 heavy (non-hydrogen) atoms. The first-order chi connectivity index (χ1) is 6.22. The van der Waals surface area contributed by atoms with Gasteiger partial charge in [0.2, 0.25) is 0 Å². The lowest BCUT2D eigenvalue weighted by atomic mass is 10.4. The van der Waals surface area contributed by atoms with Gasteiger partial charge in [0.05, 0.1) is 6.61 Å². The summed E-state index contributed by atoms with van der Waals surface area (Å²) < 4.78 is 5.11. The van der Waals surface area contributed by atoms with Crippen molar-refractivity contribution in [1.82, 2.24) is 4.98 Å². The summed E-state index contributed by atoms with van der Waals surface area (Å²) in [5, 5.41) is 17.5. The van der Waals surface area contributed by atoms with Gasteiger partial charge in [-0.3, -0.25) is 0 Å². The number of aromatic nitrogens is 1. The van der Waals surface area contributed by atoms with Crippen molar-refractivity contribution in [3.63, 3.8) is 0 Å². The molecule has 4 N–H and O–H groups in total. The number of nitrogens with zero attached hydrogens (tertiary/aromatic N) is 1. The third kappa shape index (κ3) is 3.27. The highest BCUT2D eigenvalue weighted by molar-refractivity contribution is 5.35. The second-order valence-electron chi connectivity index (χ2n) is 2.56. The molecule has 72 valence electrons. The van der Waals surface area contributed by atoms with Crippen molar-refractivity contribution in [3.05, 3.63) is 18.3 Å². The Morgan fingerprint density at radius 3 is 3.00 bits per heavy atom. The van der Waals surface area contributed by atoms with E-state index in [4.69, 9.17) is 20.7 Å². The van der Waals surface area contributed by atoms with Crippen LogP contribution in [0.3, 0.4) is 0 Å². The van der Waals surface area contributed by atoms with Crippen molar-refractivity contribution in [2.24, 2.45) is 0 Å². The summed E-state index contributed by atoms with van der Waals surface area (Å²) in [6.07, 6.45) is 0.644. The fourth-order valence-corrected chi connectivity index (χ4v) is 0.763. The summed E-state index contributed by atoms with van der Waals surface area (Å²) in [6.45, 7) is -0.277. The molecular weight excluding hydrogens is 172 g/mol. The number of hydrogen-bond acceptors (Lipinski definition) is 5. The highest BCUT2D eigenvalue weighted by Crippen LogP contribution is 2.11. The summed E-state index contributed by atoms with van der Waals surface area (Å²) >= 11 is 0. The van der Waals surface area contributed by atoms with Gasteiger partial charge in [-0.05, 0) is 6.07 Å². The van der Waals surface area contributed by atoms with E-state index in [1.807, 2.05) is 0 Å².